The molecule has 0 heterocycles. The first-order chi connectivity index (χ1) is 9.63. The first-order valence-corrected chi connectivity index (χ1v) is 6.98. The molecule has 0 atom stereocenters. The van der Waals surface area contributed by atoms with Crippen molar-refractivity contribution in [2.75, 3.05) is 0 Å². The highest BCUT2D eigenvalue weighted by Gasteiger charge is 2.21. The molecule has 1 fully saturated rings. The molecule has 2 aromatic rings. The largest absolute Gasteiger partial charge is 0.310 e. The van der Waals surface area contributed by atoms with Crippen LogP contribution in [-0.4, -0.2) is 6.04 Å². The minimum absolute atomic E-state index is 0.376. The summed E-state index contributed by atoms with van der Waals surface area (Å²) in [5, 5.41) is 3.93. The van der Waals surface area contributed by atoms with Crippen LogP contribution in [-0.2, 0) is 6.54 Å². The minimum atomic E-state index is -0.578. The van der Waals surface area contributed by atoms with Gasteiger partial charge in [0.1, 0.15) is 11.6 Å². The first kappa shape index (κ1) is 13.5. The van der Waals surface area contributed by atoms with Gasteiger partial charge in [0, 0.05) is 29.2 Å². The zero-order chi connectivity index (χ0) is 14.1. The van der Waals surface area contributed by atoms with E-state index in [0.29, 0.717) is 28.7 Å². The van der Waals surface area contributed by atoms with Crippen molar-refractivity contribution in [1.82, 2.24) is 5.32 Å². The average Bonchev–Trinajstić information content (AvgIpc) is 3.21. The summed E-state index contributed by atoms with van der Waals surface area (Å²) >= 11 is 6.01. The molecule has 0 amide bonds. The molecule has 0 saturated heterocycles. The van der Waals surface area contributed by atoms with E-state index in [9.17, 15) is 8.78 Å². The molecule has 104 valence electrons. The Morgan fingerprint density at radius 3 is 2.55 bits per heavy atom. The van der Waals surface area contributed by atoms with E-state index in [4.69, 9.17) is 11.6 Å². The fourth-order valence-electron chi connectivity index (χ4n) is 2.20. The van der Waals surface area contributed by atoms with Gasteiger partial charge >= 0.3 is 0 Å². The lowest BCUT2D eigenvalue weighted by molar-refractivity contribution is 0.585. The molecule has 1 nitrogen and oxygen atoms in total. The summed E-state index contributed by atoms with van der Waals surface area (Å²) in [6, 6.07) is 9.58. The highest BCUT2D eigenvalue weighted by Crippen LogP contribution is 2.30. The molecule has 0 spiro atoms. The van der Waals surface area contributed by atoms with Gasteiger partial charge in [-0.15, -0.1) is 0 Å². The van der Waals surface area contributed by atoms with E-state index in [-0.39, 0.29) is 0 Å². The summed E-state index contributed by atoms with van der Waals surface area (Å²) in [6.45, 7) is 0.661. The Balaban J connectivity index is 1.98. The average molecular weight is 294 g/mol. The molecule has 3 rings (SSSR count). The Labute approximate surface area is 121 Å². The third-order valence-electron chi connectivity index (χ3n) is 3.45. The van der Waals surface area contributed by atoms with Crippen molar-refractivity contribution >= 4 is 11.6 Å². The van der Waals surface area contributed by atoms with Crippen LogP contribution in [0.3, 0.4) is 0 Å². The zero-order valence-electron chi connectivity index (χ0n) is 10.8. The molecule has 0 radical (unpaired) electrons. The predicted molar refractivity (Wildman–Crippen MR) is 76.7 cm³/mol. The SMILES string of the molecule is Fc1ccc(-c2cc(Cl)ccc2CNC2CC2)c(F)c1. The molecular formula is C16H14ClF2N. The van der Waals surface area contributed by atoms with Crippen LogP contribution in [0.15, 0.2) is 36.4 Å². The summed E-state index contributed by atoms with van der Waals surface area (Å²) in [6.07, 6.45) is 2.38. The highest BCUT2D eigenvalue weighted by atomic mass is 35.5. The van der Waals surface area contributed by atoms with Gasteiger partial charge in [0.05, 0.1) is 0 Å². The fourth-order valence-corrected chi connectivity index (χ4v) is 2.38. The van der Waals surface area contributed by atoms with E-state index in [2.05, 4.69) is 5.32 Å². The molecule has 0 aliphatic heterocycles. The number of hydrogen-bond acceptors (Lipinski definition) is 1. The van der Waals surface area contributed by atoms with Crippen molar-refractivity contribution in [2.45, 2.75) is 25.4 Å². The second kappa shape index (κ2) is 5.51. The Morgan fingerprint density at radius 2 is 1.85 bits per heavy atom. The lowest BCUT2D eigenvalue weighted by Gasteiger charge is -2.12. The van der Waals surface area contributed by atoms with Crippen LogP contribution in [0.4, 0.5) is 8.78 Å². The van der Waals surface area contributed by atoms with Gasteiger partial charge in [0.25, 0.3) is 0 Å². The predicted octanol–water partition coefficient (Wildman–Crippen LogP) is 4.54. The van der Waals surface area contributed by atoms with Gasteiger partial charge in [-0.2, -0.15) is 0 Å². The van der Waals surface area contributed by atoms with Crippen molar-refractivity contribution in [3.63, 3.8) is 0 Å². The minimum Gasteiger partial charge on any atom is -0.310 e. The molecule has 1 aliphatic carbocycles. The summed E-state index contributed by atoms with van der Waals surface area (Å²) in [4.78, 5) is 0. The zero-order valence-corrected chi connectivity index (χ0v) is 11.6. The molecule has 1 N–H and O–H groups in total. The number of nitrogens with one attached hydrogen (secondary N) is 1. The number of benzene rings is 2. The van der Waals surface area contributed by atoms with Crippen LogP contribution in [0, 0.1) is 11.6 Å². The third-order valence-corrected chi connectivity index (χ3v) is 3.69. The molecule has 2 aromatic carbocycles. The molecule has 0 aromatic heterocycles. The van der Waals surface area contributed by atoms with Crippen LogP contribution in [0.1, 0.15) is 18.4 Å². The first-order valence-electron chi connectivity index (χ1n) is 6.61. The van der Waals surface area contributed by atoms with Gasteiger partial charge in [-0.25, -0.2) is 8.78 Å². The van der Waals surface area contributed by atoms with Gasteiger partial charge in [0.2, 0.25) is 0 Å². The summed E-state index contributed by atoms with van der Waals surface area (Å²) in [5.74, 6) is -1.15. The summed E-state index contributed by atoms with van der Waals surface area (Å²) < 4.78 is 27.0. The van der Waals surface area contributed by atoms with E-state index < -0.39 is 11.6 Å². The van der Waals surface area contributed by atoms with Gasteiger partial charge < -0.3 is 5.32 Å². The Bertz CT molecular complexity index is 638. The van der Waals surface area contributed by atoms with Gasteiger partial charge in [0.15, 0.2) is 0 Å². The fraction of sp³-hybridized carbons (Fsp3) is 0.250. The summed E-state index contributed by atoms with van der Waals surface area (Å²) in [5.41, 5.74) is 2.05. The number of halogens is 3. The third kappa shape index (κ3) is 3.00. The maximum Gasteiger partial charge on any atom is 0.133 e. The van der Waals surface area contributed by atoms with Crippen LogP contribution >= 0.6 is 11.6 Å². The molecule has 4 heteroatoms. The smallest absolute Gasteiger partial charge is 0.133 e. The molecular weight excluding hydrogens is 280 g/mol. The number of rotatable bonds is 4. The van der Waals surface area contributed by atoms with E-state index in [0.717, 1.165) is 11.6 Å². The topological polar surface area (TPSA) is 12.0 Å². The van der Waals surface area contributed by atoms with E-state index >= 15 is 0 Å². The second-order valence-electron chi connectivity index (χ2n) is 5.08. The molecule has 0 unspecified atom stereocenters. The monoisotopic (exact) mass is 293 g/mol. The van der Waals surface area contributed by atoms with E-state index in [1.165, 1.54) is 25.0 Å². The van der Waals surface area contributed by atoms with Crippen LogP contribution < -0.4 is 5.32 Å². The van der Waals surface area contributed by atoms with Crippen LogP contribution in [0.25, 0.3) is 11.1 Å². The van der Waals surface area contributed by atoms with Gasteiger partial charge in [-0.1, -0.05) is 17.7 Å². The Morgan fingerprint density at radius 1 is 1.05 bits per heavy atom. The Hall–Kier alpha value is -1.45. The van der Waals surface area contributed by atoms with Crippen molar-refractivity contribution in [3.05, 3.63) is 58.6 Å². The molecule has 1 saturated carbocycles. The van der Waals surface area contributed by atoms with Crippen LogP contribution in [0.2, 0.25) is 5.02 Å². The highest BCUT2D eigenvalue weighted by molar-refractivity contribution is 6.30. The number of hydrogen-bond donors (Lipinski definition) is 1. The second-order valence-corrected chi connectivity index (χ2v) is 5.52. The van der Waals surface area contributed by atoms with E-state index in [1.807, 2.05) is 6.07 Å². The van der Waals surface area contributed by atoms with Crippen molar-refractivity contribution in [2.24, 2.45) is 0 Å². The normalized spacial score (nSPS) is 14.6. The van der Waals surface area contributed by atoms with Gasteiger partial charge in [-0.3, -0.25) is 0 Å². The van der Waals surface area contributed by atoms with Crippen molar-refractivity contribution < 1.29 is 8.78 Å². The molecule has 0 bridgehead atoms. The summed E-state index contributed by atoms with van der Waals surface area (Å²) in [7, 11) is 0. The maximum atomic E-state index is 14.0. The molecule has 20 heavy (non-hydrogen) atoms. The van der Waals surface area contributed by atoms with Crippen molar-refractivity contribution in [1.29, 1.82) is 0 Å². The van der Waals surface area contributed by atoms with E-state index in [1.54, 1.807) is 12.1 Å². The molecule has 1 aliphatic rings. The van der Waals surface area contributed by atoms with Gasteiger partial charge in [-0.05, 0) is 48.2 Å². The van der Waals surface area contributed by atoms with Crippen molar-refractivity contribution in [3.8, 4) is 11.1 Å². The standard InChI is InChI=1S/C16H14ClF2N/c17-11-2-1-10(9-20-13-4-5-13)15(7-11)14-6-3-12(18)8-16(14)19/h1-3,6-8,13,20H,4-5,9H2. The maximum absolute atomic E-state index is 14.0. The quantitative estimate of drug-likeness (QED) is 0.873. The lowest BCUT2D eigenvalue weighted by atomic mass is 9.99. The van der Waals surface area contributed by atoms with Crippen LogP contribution in [0.5, 0.6) is 0 Å². The Kier molecular flexibility index (Phi) is 3.72. The lowest BCUT2D eigenvalue weighted by Crippen LogP contribution is -2.16.